The molecule has 0 aliphatic carbocycles. The minimum Gasteiger partial charge on any atom is -0.395 e. The second-order valence-electron chi connectivity index (χ2n) is 4.20. The lowest BCUT2D eigenvalue weighted by molar-refractivity contribution is 0.0946. The summed E-state index contributed by atoms with van der Waals surface area (Å²) in [6.45, 7) is 2.65. The molecule has 0 aromatic heterocycles. The number of aliphatic hydroxyl groups is 1. The second-order valence-corrected chi connectivity index (χ2v) is 4.63. The molecule has 4 heteroatoms. The van der Waals surface area contributed by atoms with Crippen LogP contribution in [-0.2, 0) is 0 Å². The Balaban J connectivity index is 2.50. The number of hydrogen-bond donors (Lipinski definition) is 1. The van der Waals surface area contributed by atoms with Gasteiger partial charge in [-0.1, -0.05) is 23.7 Å². The SMILES string of the molecule is CC(CO)N(C)CCC(=O)c1cccc(Cl)c1. The summed E-state index contributed by atoms with van der Waals surface area (Å²) in [5, 5.41) is 9.56. The van der Waals surface area contributed by atoms with E-state index in [4.69, 9.17) is 16.7 Å². The molecule has 0 fully saturated rings. The van der Waals surface area contributed by atoms with E-state index in [9.17, 15) is 4.79 Å². The number of carbonyl (C=O) groups excluding carboxylic acids is 1. The molecule has 3 nitrogen and oxygen atoms in total. The van der Waals surface area contributed by atoms with Crippen molar-refractivity contribution < 1.29 is 9.90 Å². The number of carbonyl (C=O) groups is 1. The molecule has 94 valence electrons. The third kappa shape index (κ3) is 4.46. The third-order valence-electron chi connectivity index (χ3n) is 2.85. The lowest BCUT2D eigenvalue weighted by Crippen LogP contribution is -2.33. The highest BCUT2D eigenvalue weighted by Gasteiger charge is 2.11. The van der Waals surface area contributed by atoms with Gasteiger partial charge in [-0.25, -0.2) is 0 Å². The normalized spacial score (nSPS) is 12.8. The fourth-order valence-corrected chi connectivity index (χ4v) is 1.63. The van der Waals surface area contributed by atoms with E-state index in [1.165, 1.54) is 0 Å². The summed E-state index contributed by atoms with van der Waals surface area (Å²) in [5.74, 6) is 0.0736. The summed E-state index contributed by atoms with van der Waals surface area (Å²) in [6.07, 6.45) is 0.432. The molecular weight excluding hydrogens is 238 g/mol. The zero-order valence-electron chi connectivity index (χ0n) is 10.2. The van der Waals surface area contributed by atoms with Crippen LogP contribution in [0.5, 0.6) is 0 Å². The lowest BCUT2D eigenvalue weighted by Gasteiger charge is -2.22. The van der Waals surface area contributed by atoms with Crippen LogP contribution in [0.1, 0.15) is 23.7 Å². The third-order valence-corrected chi connectivity index (χ3v) is 3.09. The topological polar surface area (TPSA) is 40.5 Å². The van der Waals surface area contributed by atoms with Crippen molar-refractivity contribution in [1.29, 1.82) is 0 Å². The van der Waals surface area contributed by atoms with Crippen molar-refractivity contribution in [1.82, 2.24) is 4.90 Å². The van der Waals surface area contributed by atoms with Crippen LogP contribution >= 0.6 is 11.6 Å². The maximum atomic E-state index is 11.9. The molecule has 1 atom stereocenters. The largest absolute Gasteiger partial charge is 0.395 e. The van der Waals surface area contributed by atoms with Gasteiger partial charge < -0.3 is 10.0 Å². The molecule has 1 aromatic rings. The molecular formula is C13H18ClNO2. The van der Waals surface area contributed by atoms with Gasteiger partial charge in [0.25, 0.3) is 0 Å². The molecule has 0 bridgehead atoms. The van der Waals surface area contributed by atoms with Gasteiger partial charge >= 0.3 is 0 Å². The number of aliphatic hydroxyl groups excluding tert-OH is 1. The number of benzene rings is 1. The first-order valence-corrected chi connectivity index (χ1v) is 6.02. The molecule has 1 N–H and O–H groups in total. The van der Waals surface area contributed by atoms with Crippen LogP contribution in [0.3, 0.4) is 0 Å². The van der Waals surface area contributed by atoms with Crippen LogP contribution in [0.25, 0.3) is 0 Å². The summed E-state index contributed by atoms with van der Waals surface area (Å²) in [6, 6.07) is 7.04. The van der Waals surface area contributed by atoms with Crippen molar-refractivity contribution in [3.63, 3.8) is 0 Å². The van der Waals surface area contributed by atoms with Crippen LogP contribution < -0.4 is 0 Å². The van der Waals surface area contributed by atoms with Crippen LogP contribution in [0.4, 0.5) is 0 Å². The van der Waals surface area contributed by atoms with Gasteiger partial charge in [0.05, 0.1) is 6.61 Å². The van der Waals surface area contributed by atoms with Gasteiger partial charge in [0.2, 0.25) is 0 Å². The number of rotatable bonds is 6. The molecule has 1 unspecified atom stereocenters. The van der Waals surface area contributed by atoms with Gasteiger partial charge in [0.1, 0.15) is 0 Å². The quantitative estimate of drug-likeness (QED) is 0.793. The Labute approximate surface area is 107 Å². The van der Waals surface area contributed by atoms with Crippen molar-refractivity contribution in [2.45, 2.75) is 19.4 Å². The highest BCUT2D eigenvalue weighted by atomic mass is 35.5. The van der Waals surface area contributed by atoms with Crippen LogP contribution in [0, 0.1) is 0 Å². The Morgan fingerprint density at radius 2 is 2.24 bits per heavy atom. The van der Waals surface area contributed by atoms with Crippen LogP contribution in [0.15, 0.2) is 24.3 Å². The molecule has 17 heavy (non-hydrogen) atoms. The van der Waals surface area contributed by atoms with Crippen molar-refractivity contribution >= 4 is 17.4 Å². The van der Waals surface area contributed by atoms with Crippen LogP contribution in [0.2, 0.25) is 5.02 Å². The lowest BCUT2D eigenvalue weighted by atomic mass is 10.1. The van der Waals surface area contributed by atoms with Gasteiger partial charge in [-0.05, 0) is 26.1 Å². The molecule has 0 saturated heterocycles. The molecule has 0 spiro atoms. The Kier molecular flexibility index (Phi) is 5.62. The predicted molar refractivity (Wildman–Crippen MR) is 69.6 cm³/mol. The van der Waals surface area contributed by atoms with Crippen molar-refractivity contribution in [3.05, 3.63) is 34.9 Å². The number of halogens is 1. The standard InChI is InChI=1S/C13H18ClNO2/c1-10(9-16)15(2)7-6-13(17)11-4-3-5-12(14)8-11/h3-5,8,10,16H,6-7,9H2,1-2H3. The Morgan fingerprint density at radius 1 is 1.53 bits per heavy atom. The monoisotopic (exact) mass is 255 g/mol. The molecule has 0 radical (unpaired) electrons. The van der Waals surface area contributed by atoms with Gasteiger partial charge in [-0.15, -0.1) is 0 Å². The van der Waals surface area contributed by atoms with Gasteiger partial charge in [0.15, 0.2) is 5.78 Å². The molecule has 0 aliphatic rings. The summed E-state index contributed by atoms with van der Waals surface area (Å²) in [5.41, 5.74) is 0.641. The van der Waals surface area contributed by atoms with Crippen molar-refractivity contribution in [3.8, 4) is 0 Å². The molecule has 0 aliphatic heterocycles. The van der Waals surface area contributed by atoms with E-state index in [1.54, 1.807) is 24.3 Å². The van der Waals surface area contributed by atoms with Gasteiger partial charge in [0, 0.05) is 29.6 Å². The van der Waals surface area contributed by atoms with Crippen LogP contribution in [-0.4, -0.2) is 42.0 Å². The minimum absolute atomic E-state index is 0.0714. The fourth-order valence-electron chi connectivity index (χ4n) is 1.44. The second kappa shape index (κ2) is 6.74. The van der Waals surface area contributed by atoms with E-state index >= 15 is 0 Å². The average Bonchev–Trinajstić information content (AvgIpc) is 2.34. The Bertz CT molecular complexity index is 381. The number of likely N-dealkylation sites (N-methyl/N-ethyl adjacent to an activating group) is 1. The van der Waals surface area contributed by atoms with E-state index < -0.39 is 0 Å². The van der Waals surface area contributed by atoms with Gasteiger partial charge in [-0.3, -0.25) is 4.79 Å². The first-order valence-electron chi connectivity index (χ1n) is 5.64. The number of Topliss-reactive ketones (excluding diaryl/α,β-unsaturated/α-hetero) is 1. The highest BCUT2D eigenvalue weighted by molar-refractivity contribution is 6.31. The Hall–Kier alpha value is -0.900. The molecule has 1 aromatic carbocycles. The first-order chi connectivity index (χ1) is 8.04. The molecule has 1 rings (SSSR count). The summed E-state index contributed by atoms with van der Waals surface area (Å²) >= 11 is 5.83. The summed E-state index contributed by atoms with van der Waals surface area (Å²) in [7, 11) is 1.89. The molecule has 0 heterocycles. The van der Waals surface area contributed by atoms with Gasteiger partial charge in [-0.2, -0.15) is 0 Å². The number of hydrogen-bond acceptors (Lipinski definition) is 3. The highest BCUT2D eigenvalue weighted by Crippen LogP contribution is 2.12. The zero-order chi connectivity index (χ0) is 12.8. The number of ketones is 1. The predicted octanol–water partition coefficient (Wildman–Crippen LogP) is 2.23. The fraction of sp³-hybridized carbons (Fsp3) is 0.462. The Morgan fingerprint density at radius 3 is 2.82 bits per heavy atom. The minimum atomic E-state index is 0.0714. The van der Waals surface area contributed by atoms with E-state index in [1.807, 2.05) is 18.9 Å². The van der Waals surface area contributed by atoms with E-state index in [0.717, 1.165) is 0 Å². The van der Waals surface area contributed by atoms with Crippen molar-refractivity contribution in [2.24, 2.45) is 0 Å². The average molecular weight is 256 g/mol. The maximum Gasteiger partial charge on any atom is 0.164 e. The maximum absolute atomic E-state index is 11.9. The number of nitrogens with zero attached hydrogens (tertiary/aromatic N) is 1. The summed E-state index contributed by atoms with van der Waals surface area (Å²) in [4.78, 5) is 13.8. The summed E-state index contributed by atoms with van der Waals surface area (Å²) < 4.78 is 0. The van der Waals surface area contributed by atoms with E-state index in [-0.39, 0.29) is 18.4 Å². The van der Waals surface area contributed by atoms with E-state index in [2.05, 4.69) is 0 Å². The molecule has 0 saturated carbocycles. The van der Waals surface area contributed by atoms with Crippen molar-refractivity contribution in [2.75, 3.05) is 20.2 Å². The smallest absolute Gasteiger partial charge is 0.164 e. The first kappa shape index (κ1) is 14.2. The van der Waals surface area contributed by atoms with E-state index in [0.29, 0.717) is 23.6 Å². The molecule has 0 amide bonds. The zero-order valence-corrected chi connectivity index (χ0v) is 10.9.